The minimum atomic E-state index is -4.46. The third-order valence-electron chi connectivity index (χ3n) is 6.65. The summed E-state index contributed by atoms with van der Waals surface area (Å²) in [6.07, 6.45) is -1.05. The molecule has 2 aromatic rings. The van der Waals surface area contributed by atoms with Gasteiger partial charge < -0.3 is 19.3 Å². The van der Waals surface area contributed by atoms with Gasteiger partial charge in [-0.1, -0.05) is 13.8 Å². The molecule has 34 heavy (non-hydrogen) atoms. The van der Waals surface area contributed by atoms with E-state index in [1.54, 1.807) is 4.90 Å². The lowest BCUT2D eigenvalue weighted by atomic mass is 9.92. The number of ether oxygens (including phenoxy) is 2. The smallest absolute Gasteiger partial charge is 0.416 e. The van der Waals surface area contributed by atoms with E-state index in [2.05, 4.69) is 0 Å². The molecule has 0 bridgehead atoms. The number of rotatable bonds is 2. The number of hydrogen-bond acceptors (Lipinski definition) is 5. The minimum Gasteiger partial charge on any atom is -0.490 e. The van der Waals surface area contributed by atoms with Crippen LogP contribution >= 0.6 is 0 Å². The Labute approximate surface area is 197 Å². The number of alkyl halides is 3. The highest BCUT2D eigenvalue weighted by molar-refractivity contribution is 5.74. The van der Waals surface area contributed by atoms with Crippen LogP contribution in [0.25, 0.3) is 0 Å². The van der Waals surface area contributed by atoms with Gasteiger partial charge in [0.25, 0.3) is 0 Å². The van der Waals surface area contributed by atoms with Crippen LogP contribution in [0.5, 0.6) is 5.75 Å². The van der Waals surface area contributed by atoms with Gasteiger partial charge in [0.2, 0.25) is 0 Å². The Bertz CT molecular complexity index is 1060. The number of fused-ring (bicyclic) bond motifs is 2. The minimum absolute atomic E-state index is 0.122. The zero-order valence-electron chi connectivity index (χ0n) is 20.0. The molecule has 0 unspecified atom stereocenters. The Morgan fingerprint density at radius 1 is 1.21 bits per heavy atom. The van der Waals surface area contributed by atoms with Crippen LogP contribution in [0.15, 0.2) is 12.1 Å². The number of benzene rings is 1. The zero-order chi connectivity index (χ0) is 24.6. The van der Waals surface area contributed by atoms with Gasteiger partial charge in [-0.05, 0) is 43.9 Å². The third-order valence-corrected chi connectivity index (χ3v) is 6.65. The average molecular weight is 481 g/mol. The van der Waals surface area contributed by atoms with Gasteiger partial charge >= 0.3 is 12.3 Å². The van der Waals surface area contributed by atoms with Crippen LogP contribution in [0, 0.1) is 6.92 Å². The molecule has 1 aromatic carbocycles. The van der Waals surface area contributed by atoms with Crippen LogP contribution in [0.4, 0.5) is 29.5 Å². The summed E-state index contributed by atoms with van der Waals surface area (Å²) in [5.74, 6) is 1.01. The number of methoxy groups -OCH3 is 1. The SMILES string of the molecule is CC.COC(=O)N1CCc2c(c(N3CCOc4cc(C)c(C(F)(F)F)cc43)nn2C2CCC2)C1. The molecule has 0 atom stereocenters. The fraction of sp³-hybridized carbons (Fsp3) is 0.583. The number of anilines is 2. The van der Waals surface area contributed by atoms with Gasteiger partial charge in [0.05, 0.1) is 37.5 Å². The number of carbonyl (C=O) groups is 1. The molecule has 1 fully saturated rings. The summed E-state index contributed by atoms with van der Waals surface area (Å²) < 4.78 is 53.5. The maximum Gasteiger partial charge on any atom is 0.416 e. The molecular weight excluding hydrogens is 449 g/mol. The van der Waals surface area contributed by atoms with Gasteiger partial charge in [-0.3, -0.25) is 4.68 Å². The predicted octanol–water partition coefficient (Wildman–Crippen LogP) is 5.62. The number of carbonyl (C=O) groups excluding carboxylic acids is 1. The zero-order valence-corrected chi connectivity index (χ0v) is 20.0. The van der Waals surface area contributed by atoms with Crippen LogP contribution in [0.1, 0.15) is 61.5 Å². The van der Waals surface area contributed by atoms with Crippen molar-refractivity contribution in [2.24, 2.45) is 0 Å². The first-order valence-corrected chi connectivity index (χ1v) is 11.8. The number of aryl methyl sites for hydroxylation is 1. The standard InChI is InChI=1S/C22H25F3N4O3.C2H6/c1-13-10-19-18(11-16(13)22(23,24)25)28(8-9-32-19)20-15-12-27(21(30)31-2)7-6-17(15)29(26-20)14-4-3-5-14;1-2/h10-11,14H,3-9,12H2,1-2H3;1-2H3. The number of amides is 1. The Kier molecular flexibility index (Phi) is 6.69. The Balaban J connectivity index is 0.00000133. The summed E-state index contributed by atoms with van der Waals surface area (Å²) in [5, 5.41) is 4.90. The Morgan fingerprint density at radius 2 is 1.94 bits per heavy atom. The van der Waals surface area contributed by atoms with Crippen molar-refractivity contribution in [2.45, 2.75) is 65.2 Å². The van der Waals surface area contributed by atoms with E-state index in [1.807, 2.05) is 23.4 Å². The molecule has 5 rings (SSSR count). The second-order valence-corrected chi connectivity index (χ2v) is 8.55. The Hall–Kier alpha value is -2.91. The lowest BCUT2D eigenvalue weighted by molar-refractivity contribution is -0.138. The van der Waals surface area contributed by atoms with E-state index in [4.69, 9.17) is 14.6 Å². The predicted molar refractivity (Wildman–Crippen MR) is 122 cm³/mol. The first-order chi connectivity index (χ1) is 16.3. The van der Waals surface area contributed by atoms with Crippen LogP contribution in [-0.4, -0.2) is 47.6 Å². The van der Waals surface area contributed by atoms with Crippen LogP contribution < -0.4 is 9.64 Å². The fourth-order valence-corrected chi connectivity index (χ4v) is 4.75. The van der Waals surface area contributed by atoms with E-state index in [-0.39, 0.29) is 5.56 Å². The van der Waals surface area contributed by atoms with Crippen LogP contribution in [-0.2, 0) is 23.9 Å². The molecule has 0 radical (unpaired) electrons. The van der Waals surface area contributed by atoms with Gasteiger partial charge in [-0.2, -0.15) is 18.3 Å². The highest BCUT2D eigenvalue weighted by Crippen LogP contribution is 2.45. The fourth-order valence-electron chi connectivity index (χ4n) is 4.75. The molecule has 3 aliphatic rings. The first kappa shape index (κ1) is 24.2. The van der Waals surface area contributed by atoms with Crippen molar-refractivity contribution in [3.63, 3.8) is 0 Å². The van der Waals surface area contributed by atoms with E-state index in [1.165, 1.54) is 20.1 Å². The highest BCUT2D eigenvalue weighted by Gasteiger charge is 2.38. The molecule has 0 N–H and O–H groups in total. The van der Waals surface area contributed by atoms with E-state index in [9.17, 15) is 18.0 Å². The van der Waals surface area contributed by atoms with Crippen LogP contribution in [0.2, 0.25) is 0 Å². The number of hydrogen-bond donors (Lipinski definition) is 0. The summed E-state index contributed by atoms with van der Waals surface area (Å²) in [7, 11) is 1.34. The van der Waals surface area contributed by atoms with Crippen LogP contribution in [0.3, 0.4) is 0 Å². The summed E-state index contributed by atoms with van der Waals surface area (Å²) in [6, 6.07) is 2.89. The van der Waals surface area contributed by atoms with E-state index < -0.39 is 17.8 Å². The number of halogens is 3. The molecule has 1 aliphatic carbocycles. The monoisotopic (exact) mass is 480 g/mol. The van der Waals surface area contributed by atoms with Gasteiger partial charge in [0, 0.05) is 24.2 Å². The molecule has 7 nitrogen and oxygen atoms in total. The van der Waals surface area contributed by atoms with Gasteiger partial charge in [-0.25, -0.2) is 4.79 Å². The quantitative estimate of drug-likeness (QED) is 0.559. The summed E-state index contributed by atoms with van der Waals surface area (Å²) >= 11 is 0. The molecule has 10 heteroatoms. The van der Waals surface area contributed by atoms with Crippen molar-refractivity contribution >= 4 is 17.6 Å². The highest BCUT2D eigenvalue weighted by atomic mass is 19.4. The van der Waals surface area contributed by atoms with E-state index in [0.717, 1.165) is 36.6 Å². The summed E-state index contributed by atoms with van der Waals surface area (Å²) in [6.45, 7) is 6.99. The van der Waals surface area contributed by atoms with Crippen molar-refractivity contribution in [1.82, 2.24) is 14.7 Å². The molecule has 2 aliphatic heterocycles. The summed E-state index contributed by atoms with van der Waals surface area (Å²) in [5.41, 5.74) is 1.72. The van der Waals surface area contributed by atoms with Crippen molar-refractivity contribution in [2.75, 3.05) is 31.7 Å². The van der Waals surface area contributed by atoms with Gasteiger partial charge in [0.1, 0.15) is 12.4 Å². The normalized spacial score (nSPS) is 17.6. The van der Waals surface area contributed by atoms with Gasteiger partial charge in [0.15, 0.2) is 5.82 Å². The molecule has 0 saturated heterocycles. The number of aromatic nitrogens is 2. The van der Waals surface area contributed by atoms with Crippen molar-refractivity contribution in [3.8, 4) is 5.75 Å². The largest absolute Gasteiger partial charge is 0.490 e. The molecule has 1 aromatic heterocycles. The summed E-state index contributed by atoms with van der Waals surface area (Å²) in [4.78, 5) is 15.6. The van der Waals surface area contributed by atoms with Crippen molar-refractivity contribution in [3.05, 3.63) is 34.5 Å². The van der Waals surface area contributed by atoms with Gasteiger partial charge in [-0.15, -0.1) is 0 Å². The van der Waals surface area contributed by atoms with E-state index >= 15 is 0 Å². The topological polar surface area (TPSA) is 59.8 Å². The molecule has 3 heterocycles. The lowest BCUT2D eigenvalue weighted by Crippen LogP contribution is -2.37. The van der Waals surface area contributed by atoms with E-state index in [0.29, 0.717) is 56.0 Å². The lowest BCUT2D eigenvalue weighted by Gasteiger charge is -2.33. The molecular formula is C24H31F3N4O3. The molecule has 186 valence electrons. The third kappa shape index (κ3) is 4.18. The maximum atomic E-state index is 13.6. The number of nitrogens with zero attached hydrogens (tertiary/aromatic N) is 4. The van der Waals surface area contributed by atoms with Crippen molar-refractivity contribution < 1.29 is 27.4 Å². The average Bonchev–Trinajstić information content (AvgIpc) is 3.15. The molecule has 1 saturated carbocycles. The van der Waals surface area contributed by atoms with Crippen molar-refractivity contribution in [1.29, 1.82) is 0 Å². The molecule has 1 amide bonds. The Morgan fingerprint density at radius 3 is 2.56 bits per heavy atom. The molecule has 0 spiro atoms. The second-order valence-electron chi connectivity index (χ2n) is 8.55. The second kappa shape index (κ2) is 9.38. The first-order valence-electron chi connectivity index (χ1n) is 11.8. The maximum absolute atomic E-state index is 13.6.